The quantitative estimate of drug-likeness (QED) is 0.599. The van der Waals surface area contributed by atoms with Gasteiger partial charge in [-0.1, -0.05) is 6.92 Å². The summed E-state index contributed by atoms with van der Waals surface area (Å²) in [6.45, 7) is 8.03. The highest BCUT2D eigenvalue weighted by atomic mass is 16.6. The molecule has 1 saturated carbocycles. The minimum atomic E-state index is -0.541. The van der Waals surface area contributed by atoms with Crippen LogP contribution in [-0.2, 0) is 19.0 Å². The molecule has 6 nitrogen and oxygen atoms in total. The van der Waals surface area contributed by atoms with E-state index in [-0.39, 0.29) is 31.3 Å². The summed E-state index contributed by atoms with van der Waals surface area (Å²) in [4.78, 5) is 11.4. The number of hydrogen-bond acceptors (Lipinski definition) is 6. The van der Waals surface area contributed by atoms with Gasteiger partial charge < -0.3 is 25.1 Å². The van der Waals surface area contributed by atoms with Crippen LogP contribution in [0.3, 0.4) is 0 Å². The molecular formula is C14H27NO5. The molecule has 0 aromatic carbocycles. The third-order valence-electron chi connectivity index (χ3n) is 3.66. The molecule has 0 aromatic rings. The second-order valence-corrected chi connectivity index (χ2v) is 5.71. The van der Waals surface area contributed by atoms with Gasteiger partial charge in [-0.2, -0.15) is 0 Å². The van der Waals surface area contributed by atoms with Crippen molar-refractivity contribution in [3.8, 4) is 0 Å². The average molecular weight is 289 g/mol. The van der Waals surface area contributed by atoms with Crippen molar-refractivity contribution in [2.75, 3.05) is 19.8 Å². The largest absolute Gasteiger partial charge is 0.455 e. The Balaban J connectivity index is 2.37. The number of aliphatic hydroxyl groups excluding tert-OH is 1. The van der Waals surface area contributed by atoms with E-state index in [1.54, 1.807) is 6.92 Å². The summed E-state index contributed by atoms with van der Waals surface area (Å²) in [5.74, 6) is -0.120. The van der Waals surface area contributed by atoms with Crippen LogP contribution in [-0.4, -0.2) is 54.7 Å². The van der Waals surface area contributed by atoms with Gasteiger partial charge in [0.05, 0.1) is 38.1 Å². The Bertz CT molecular complexity index is 323. The minimum Gasteiger partial charge on any atom is -0.455 e. The first-order chi connectivity index (χ1) is 9.31. The second kappa shape index (κ2) is 7.36. The highest BCUT2D eigenvalue weighted by Gasteiger charge is 2.59. The highest BCUT2D eigenvalue weighted by Crippen LogP contribution is 2.50. The lowest BCUT2D eigenvalue weighted by Crippen LogP contribution is -2.38. The van der Waals surface area contributed by atoms with Gasteiger partial charge in [0.2, 0.25) is 0 Å². The molecule has 3 N–H and O–H groups in total. The number of carbonyl (C=O) groups excluding carboxylic acids is 1. The number of aliphatic hydroxyl groups is 1. The normalized spacial score (nSPS) is 29.6. The first kappa shape index (κ1) is 17.4. The molecule has 0 heterocycles. The molecule has 1 fully saturated rings. The summed E-state index contributed by atoms with van der Waals surface area (Å²) in [5.41, 5.74) is 4.74. The van der Waals surface area contributed by atoms with Gasteiger partial charge >= 0.3 is 5.97 Å². The van der Waals surface area contributed by atoms with Gasteiger partial charge in [0.15, 0.2) is 0 Å². The van der Waals surface area contributed by atoms with E-state index in [2.05, 4.69) is 0 Å². The maximum absolute atomic E-state index is 11.4. The number of ether oxygens (including phenoxy) is 3. The molecule has 0 spiro atoms. The Kier molecular flexibility index (Phi) is 6.39. The molecule has 20 heavy (non-hydrogen) atoms. The van der Waals surface area contributed by atoms with Crippen LogP contribution < -0.4 is 5.73 Å². The second-order valence-electron chi connectivity index (χ2n) is 5.71. The predicted molar refractivity (Wildman–Crippen MR) is 74.2 cm³/mol. The van der Waals surface area contributed by atoms with E-state index in [9.17, 15) is 4.79 Å². The van der Waals surface area contributed by atoms with Crippen molar-refractivity contribution in [1.82, 2.24) is 0 Å². The Morgan fingerprint density at radius 2 is 1.95 bits per heavy atom. The van der Waals surface area contributed by atoms with Gasteiger partial charge in [0.25, 0.3) is 0 Å². The molecule has 6 heteroatoms. The number of esters is 1. The van der Waals surface area contributed by atoms with Crippen molar-refractivity contribution in [1.29, 1.82) is 0 Å². The van der Waals surface area contributed by atoms with Crippen molar-refractivity contribution < 1.29 is 24.1 Å². The molecule has 0 radical (unpaired) electrons. The lowest BCUT2D eigenvalue weighted by Gasteiger charge is -2.26. The molecule has 1 aliphatic rings. The molecule has 0 amide bonds. The van der Waals surface area contributed by atoms with E-state index < -0.39 is 17.7 Å². The Morgan fingerprint density at radius 3 is 2.40 bits per heavy atom. The van der Waals surface area contributed by atoms with Crippen LogP contribution in [0.15, 0.2) is 0 Å². The Labute approximate surface area is 120 Å². The van der Waals surface area contributed by atoms with E-state index >= 15 is 0 Å². The smallest absolute Gasteiger partial charge is 0.320 e. The van der Waals surface area contributed by atoms with Crippen molar-refractivity contribution in [2.24, 2.45) is 11.7 Å². The average Bonchev–Trinajstić information content (AvgIpc) is 3.04. The van der Waals surface area contributed by atoms with Crippen LogP contribution in [0.1, 0.15) is 34.1 Å². The summed E-state index contributed by atoms with van der Waals surface area (Å²) < 4.78 is 16.6. The van der Waals surface area contributed by atoms with Gasteiger partial charge in [-0.25, -0.2) is 0 Å². The van der Waals surface area contributed by atoms with Gasteiger partial charge in [0, 0.05) is 5.92 Å². The number of nitrogens with two attached hydrogens (primary N) is 1. The molecule has 0 aliphatic heterocycles. The molecule has 0 bridgehead atoms. The summed E-state index contributed by atoms with van der Waals surface area (Å²) in [6, 6.07) is 0. The molecule has 1 aliphatic carbocycles. The molecule has 0 aromatic heterocycles. The Morgan fingerprint density at radius 1 is 1.35 bits per heavy atom. The van der Waals surface area contributed by atoms with Gasteiger partial charge in [-0.15, -0.1) is 0 Å². The summed E-state index contributed by atoms with van der Waals surface area (Å²) in [7, 11) is 0. The topological polar surface area (TPSA) is 91.0 Å². The van der Waals surface area contributed by atoms with E-state index in [4.69, 9.17) is 25.1 Å². The molecule has 118 valence electrons. The Hall–Kier alpha value is -0.690. The van der Waals surface area contributed by atoms with Gasteiger partial charge in [0.1, 0.15) is 5.60 Å². The maximum Gasteiger partial charge on any atom is 0.320 e. The third kappa shape index (κ3) is 4.70. The van der Waals surface area contributed by atoms with Crippen LogP contribution in [0.2, 0.25) is 0 Å². The van der Waals surface area contributed by atoms with Crippen LogP contribution in [0.4, 0.5) is 0 Å². The minimum absolute atomic E-state index is 0.116. The zero-order valence-electron chi connectivity index (χ0n) is 12.8. The number of rotatable bonds is 9. The van der Waals surface area contributed by atoms with Crippen molar-refractivity contribution in [3.05, 3.63) is 0 Å². The van der Waals surface area contributed by atoms with E-state index in [1.165, 1.54) is 0 Å². The standard InChI is InChI=1S/C14H27NO5/c1-9-5-14(9,20-13(17)6-15)12(4)19-8-11(3)18-7-10(2)16/h9-12,16H,5-8,15H2,1-4H3. The molecule has 5 unspecified atom stereocenters. The molecule has 1 rings (SSSR count). The van der Waals surface area contributed by atoms with E-state index in [1.807, 2.05) is 20.8 Å². The predicted octanol–water partition coefficient (Wildman–Crippen LogP) is 0.458. The zero-order chi connectivity index (χ0) is 15.3. The molecule has 5 atom stereocenters. The lowest BCUT2D eigenvalue weighted by molar-refractivity contribution is -0.163. The zero-order valence-corrected chi connectivity index (χ0v) is 12.8. The maximum atomic E-state index is 11.4. The lowest BCUT2D eigenvalue weighted by atomic mass is 10.1. The van der Waals surface area contributed by atoms with Gasteiger partial charge in [-0.3, -0.25) is 4.79 Å². The van der Waals surface area contributed by atoms with Crippen molar-refractivity contribution in [2.45, 2.75) is 58.0 Å². The van der Waals surface area contributed by atoms with Crippen molar-refractivity contribution >= 4 is 5.97 Å². The fourth-order valence-corrected chi connectivity index (χ4v) is 2.24. The van der Waals surface area contributed by atoms with Crippen LogP contribution >= 0.6 is 0 Å². The summed E-state index contributed by atoms with van der Waals surface area (Å²) in [6.07, 6.45) is -0.0211. The number of hydrogen-bond donors (Lipinski definition) is 2. The molecule has 0 saturated heterocycles. The van der Waals surface area contributed by atoms with Gasteiger partial charge in [-0.05, 0) is 27.2 Å². The summed E-state index contributed by atoms with van der Waals surface area (Å²) >= 11 is 0. The fraction of sp³-hybridized carbons (Fsp3) is 0.929. The van der Waals surface area contributed by atoms with Crippen LogP contribution in [0.25, 0.3) is 0 Å². The van der Waals surface area contributed by atoms with Crippen LogP contribution in [0, 0.1) is 5.92 Å². The summed E-state index contributed by atoms with van der Waals surface area (Å²) in [5, 5.41) is 9.14. The van der Waals surface area contributed by atoms with E-state index in [0.717, 1.165) is 6.42 Å². The van der Waals surface area contributed by atoms with E-state index in [0.29, 0.717) is 6.61 Å². The SMILES string of the molecule is CC(O)COC(C)COC(C)C1(OC(=O)CN)CC1C. The molecular weight excluding hydrogens is 262 g/mol. The third-order valence-corrected chi connectivity index (χ3v) is 3.66. The van der Waals surface area contributed by atoms with Crippen LogP contribution in [0.5, 0.6) is 0 Å². The fourth-order valence-electron chi connectivity index (χ4n) is 2.24. The first-order valence-electron chi connectivity index (χ1n) is 7.15. The first-order valence-corrected chi connectivity index (χ1v) is 7.15. The highest BCUT2D eigenvalue weighted by molar-refractivity contribution is 5.72. The monoisotopic (exact) mass is 289 g/mol. The number of carbonyl (C=O) groups is 1. The van der Waals surface area contributed by atoms with Crippen molar-refractivity contribution in [3.63, 3.8) is 0 Å².